The van der Waals surface area contributed by atoms with Crippen molar-refractivity contribution in [2.24, 2.45) is 0 Å². The monoisotopic (exact) mass is 344 g/mol. The zero-order chi connectivity index (χ0) is 14.5. The van der Waals surface area contributed by atoms with E-state index in [4.69, 9.17) is 4.74 Å². The molecule has 0 aromatic heterocycles. The lowest BCUT2D eigenvalue weighted by Crippen LogP contribution is -2.37. The van der Waals surface area contributed by atoms with E-state index in [2.05, 4.69) is 21.2 Å². The molecule has 1 saturated heterocycles. The zero-order valence-electron chi connectivity index (χ0n) is 10.7. The van der Waals surface area contributed by atoms with E-state index in [1.807, 2.05) is 0 Å². The summed E-state index contributed by atoms with van der Waals surface area (Å²) >= 11 is 3.14. The van der Waals surface area contributed by atoms with Crippen LogP contribution in [0.5, 0.6) is 5.75 Å². The van der Waals surface area contributed by atoms with E-state index >= 15 is 0 Å². The molecule has 0 unspecified atom stereocenters. The molecule has 1 heterocycles. The Hall–Kier alpha value is -1.63. The summed E-state index contributed by atoms with van der Waals surface area (Å²) in [5.74, 6) is -0.825. The molecule has 0 radical (unpaired) electrons. The molecular weight excluding hydrogens is 331 g/mol. The van der Waals surface area contributed by atoms with Gasteiger partial charge in [-0.3, -0.25) is 9.59 Å². The maximum atomic E-state index is 13.5. The van der Waals surface area contributed by atoms with Crippen LogP contribution in [0.1, 0.15) is 6.42 Å². The van der Waals surface area contributed by atoms with Crippen molar-refractivity contribution in [2.45, 2.75) is 6.42 Å². The highest BCUT2D eigenvalue weighted by Crippen LogP contribution is 2.21. The van der Waals surface area contributed by atoms with Crippen LogP contribution in [0.3, 0.4) is 0 Å². The Kier molecular flexibility index (Phi) is 4.94. The van der Waals surface area contributed by atoms with Gasteiger partial charge in [-0.15, -0.1) is 0 Å². The van der Waals surface area contributed by atoms with Gasteiger partial charge in [0.15, 0.2) is 18.2 Å². The molecule has 0 bridgehead atoms. The average Bonchev–Trinajstić information content (AvgIpc) is 2.62. The second kappa shape index (κ2) is 6.69. The van der Waals surface area contributed by atoms with Crippen molar-refractivity contribution < 1.29 is 18.7 Å². The Labute approximate surface area is 124 Å². The van der Waals surface area contributed by atoms with Crippen molar-refractivity contribution in [2.75, 3.05) is 26.2 Å². The molecule has 2 rings (SSSR count). The summed E-state index contributed by atoms with van der Waals surface area (Å²) in [6.07, 6.45) is 0.276. The van der Waals surface area contributed by atoms with Gasteiger partial charge in [0.2, 0.25) is 5.91 Å². The fraction of sp³-hybridized carbons (Fsp3) is 0.385. The van der Waals surface area contributed by atoms with Gasteiger partial charge in [0.25, 0.3) is 5.91 Å². The van der Waals surface area contributed by atoms with Gasteiger partial charge < -0.3 is 15.0 Å². The standard InChI is InChI=1S/C13H14BrFN2O3/c14-9-1-2-11(10(15)7-9)20-8-13(19)17-5-3-12(18)16-4-6-17/h1-2,7H,3-6,8H2,(H,16,18). The predicted molar refractivity (Wildman–Crippen MR) is 73.8 cm³/mol. The number of ether oxygens (including phenoxy) is 1. The SMILES string of the molecule is O=C1CCN(C(=O)COc2ccc(Br)cc2F)CCN1. The number of halogens is 2. The largest absolute Gasteiger partial charge is 0.481 e. The molecule has 20 heavy (non-hydrogen) atoms. The second-order valence-corrected chi connectivity index (χ2v) is 5.26. The number of hydrogen-bond donors (Lipinski definition) is 1. The number of nitrogens with zero attached hydrogens (tertiary/aromatic N) is 1. The van der Waals surface area contributed by atoms with Gasteiger partial charge in [-0.1, -0.05) is 15.9 Å². The summed E-state index contributed by atoms with van der Waals surface area (Å²) in [5, 5.41) is 2.68. The van der Waals surface area contributed by atoms with E-state index in [-0.39, 0.29) is 30.6 Å². The number of nitrogens with one attached hydrogen (secondary N) is 1. The number of rotatable bonds is 3. The molecule has 108 valence electrons. The third-order valence-electron chi connectivity index (χ3n) is 2.91. The van der Waals surface area contributed by atoms with Crippen LogP contribution in [0.25, 0.3) is 0 Å². The van der Waals surface area contributed by atoms with Crippen molar-refractivity contribution in [3.63, 3.8) is 0 Å². The lowest BCUT2D eigenvalue weighted by molar-refractivity contribution is -0.133. The molecule has 0 spiro atoms. The zero-order valence-corrected chi connectivity index (χ0v) is 12.3. The van der Waals surface area contributed by atoms with E-state index in [0.717, 1.165) is 0 Å². The molecule has 2 amide bonds. The van der Waals surface area contributed by atoms with Gasteiger partial charge in [-0.2, -0.15) is 0 Å². The predicted octanol–water partition coefficient (Wildman–Crippen LogP) is 1.32. The Bertz CT molecular complexity index is 524. The highest BCUT2D eigenvalue weighted by atomic mass is 79.9. The van der Waals surface area contributed by atoms with E-state index in [0.29, 0.717) is 24.1 Å². The van der Waals surface area contributed by atoms with E-state index < -0.39 is 5.82 Å². The first kappa shape index (κ1) is 14.8. The van der Waals surface area contributed by atoms with Crippen molar-refractivity contribution in [1.82, 2.24) is 10.2 Å². The first-order valence-electron chi connectivity index (χ1n) is 6.18. The van der Waals surface area contributed by atoms with Crippen LogP contribution >= 0.6 is 15.9 Å². The van der Waals surface area contributed by atoms with Crippen LogP contribution in [0, 0.1) is 5.82 Å². The van der Waals surface area contributed by atoms with Crippen LogP contribution in [0.4, 0.5) is 4.39 Å². The minimum Gasteiger partial charge on any atom is -0.481 e. The van der Waals surface area contributed by atoms with Crippen molar-refractivity contribution in [3.8, 4) is 5.75 Å². The minimum absolute atomic E-state index is 0.0329. The molecule has 0 saturated carbocycles. The van der Waals surface area contributed by atoms with Gasteiger partial charge in [0.1, 0.15) is 0 Å². The highest BCUT2D eigenvalue weighted by Gasteiger charge is 2.19. The quantitative estimate of drug-likeness (QED) is 0.899. The van der Waals surface area contributed by atoms with Gasteiger partial charge >= 0.3 is 0 Å². The Morgan fingerprint density at radius 2 is 2.25 bits per heavy atom. The molecule has 5 nitrogen and oxygen atoms in total. The molecular formula is C13H14BrFN2O3. The van der Waals surface area contributed by atoms with Gasteiger partial charge in [0.05, 0.1) is 0 Å². The van der Waals surface area contributed by atoms with Crippen LogP contribution in [0.2, 0.25) is 0 Å². The normalized spacial score (nSPS) is 15.5. The molecule has 1 fully saturated rings. The van der Waals surface area contributed by atoms with Crippen LogP contribution in [-0.4, -0.2) is 43.0 Å². The maximum absolute atomic E-state index is 13.5. The molecule has 1 aliphatic rings. The Morgan fingerprint density at radius 3 is 3.00 bits per heavy atom. The smallest absolute Gasteiger partial charge is 0.260 e. The molecule has 1 aromatic rings. The van der Waals surface area contributed by atoms with Crippen LogP contribution in [-0.2, 0) is 9.59 Å². The lowest BCUT2D eigenvalue weighted by Gasteiger charge is -2.19. The summed E-state index contributed by atoms with van der Waals surface area (Å²) in [5.41, 5.74) is 0. The lowest BCUT2D eigenvalue weighted by atomic mass is 10.3. The van der Waals surface area contributed by atoms with Crippen molar-refractivity contribution in [3.05, 3.63) is 28.5 Å². The Morgan fingerprint density at radius 1 is 1.45 bits per heavy atom. The number of carbonyl (C=O) groups is 2. The summed E-state index contributed by atoms with van der Waals surface area (Å²) in [4.78, 5) is 24.6. The van der Waals surface area contributed by atoms with Crippen molar-refractivity contribution >= 4 is 27.7 Å². The number of hydrogen-bond acceptors (Lipinski definition) is 3. The first-order valence-corrected chi connectivity index (χ1v) is 6.98. The highest BCUT2D eigenvalue weighted by molar-refractivity contribution is 9.10. The molecule has 0 aliphatic carbocycles. The molecule has 1 N–H and O–H groups in total. The topological polar surface area (TPSA) is 58.6 Å². The first-order chi connectivity index (χ1) is 9.56. The third-order valence-corrected chi connectivity index (χ3v) is 3.40. The number of carbonyl (C=O) groups excluding carboxylic acids is 2. The van der Waals surface area contributed by atoms with Crippen LogP contribution < -0.4 is 10.1 Å². The fourth-order valence-corrected chi connectivity index (χ4v) is 2.17. The number of benzene rings is 1. The van der Waals surface area contributed by atoms with Crippen LogP contribution in [0.15, 0.2) is 22.7 Å². The maximum Gasteiger partial charge on any atom is 0.260 e. The number of amides is 2. The Balaban J connectivity index is 1.89. The van der Waals surface area contributed by atoms with Gasteiger partial charge in [0, 0.05) is 30.5 Å². The molecule has 0 atom stereocenters. The van der Waals surface area contributed by atoms with Crippen molar-refractivity contribution in [1.29, 1.82) is 0 Å². The van der Waals surface area contributed by atoms with E-state index in [1.165, 1.54) is 17.0 Å². The minimum atomic E-state index is -0.528. The van der Waals surface area contributed by atoms with Gasteiger partial charge in [-0.05, 0) is 18.2 Å². The summed E-state index contributed by atoms with van der Waals surface area (Å²) in [6, 6.07) is 4.37. The second-order valence-electron chi connectivity index (χ2n) is 4.34. The third kappa shape index (κ3) is 3.93. The molecule has 1 aromatic carbocycles. The summed E-state index contributed by atoms with van der Waals surface area (Å²) < 4.78 is 19.3. The van der Waals surface area contributed by atoms with E-state index in [1.54, 1.807) is 6.07 Å². The average molecular weight is 345 g/mol. The van der Waals surface area contributed by atoms with Gasteiger partial charge in [-0.25, -0.2) is 4.39 Å². The molecule has 1 aliphatic heterocycles. The van der Waals surface area contributed by atoms with E-state index in [9.17, 15) is 14.0 Å². The fourth-order valence-electron chi connectivity index (χ4n) is 1.84. The summed E-state index contributed by atoms with van der Waals surface area (Å²) in [7, 11) is 0. The summed E-state index contributed by atoms with van der Waals surface area (Å²) in [6.45, 7) is 0.984. The molecule has 7 heteroatoms.